The van der Waals surface area contributed by atoms with Crippen molar-refractivity contribution in [3.8, 4) is 0 Å². The van der Waals surface area contributed by atoms with Crippen molar-refractivity contribution in [3.05, 3.63) is 54.5 Å². The zero-order valence-electron chi connectivity index (χ0n) is 13.2. The van der Waals surface area contributed by atoms with Crippen LogP contribution in [-0.4, -0.2) is 26.4 Å². The molecule has 2 aromatic rings. The zero-order valence-corrected chi connectivity index (χ0v) is 14.0. The van der Waals surface area contributed by atoms with Gasteiger partial charge >= 0.3 is 5.97 Å². The van der Waals surface area contributed by atoms with Crippen LogP contribution in [0.2, 0.25) is 0 Å². The number of carbonyl (C=O) groups is 2. The number of carbonyl (C=O) groups excluding carboxylic acids is 2. The second kappa shape index (κ2) is 7.77. The number of hydrogen-bond donors (Lipinski definition) is 2. The Hall–Kier alpha value is -2.91. The molecule has 1 atom stereocenters. The molecule has 0 saturated carbocycles. The fourth-order valence-corrected chi connectivity index (χ4v) is 2.29. The molecular formula is C16H16N2O6S. The quantitative estimate of drug-likeness (QED) is 0.590. The fourth-order valence-electron chi connectivity index (χ4n) is 1.78. The lowest BCUT2D eigenvalue weighted by molar-refractivity contribution is -0.148. The first kappa shape index (κ1) is 18.4. The van der Waals surface area contributed by atoms with Crippen LogP contribution in [0.15, 0.2) is 58.1 Å². The molecule has 0 aliphatic rings. The molecule has 1 unspecified atom stereocenters. The highest BCUT2D eigenvalue weighted by Crippen LogP contribution is 2.13. The third-order valence-corrected chi connectivity index (χ3v) is 3.97. The minimum absolute atomic E-state index is 0.0759. The Morgan fingerprint density at radius 1 is 1.24 bits per heavy atom. The molecule has 0 radical (unpaired) electrons. The monoisotopic (exact) mass is 364 g/mol. The Morgan fingerprint density at radius 3 is 2.48 bits per heavy atom. The van der Waals surface area contributed by atoms with Crippen LogP contribution in [-0.2, 0) is 24.3 Å². The van der Waals surface area contributed by atoms with E-state index in [0.29, 0.717) is 11.4 Å². The number of ether oxygens (including phenoxy) is 1. The van der Waals surface area contributed by atoms with Crippen molar-refractivity contribution in [2.24, 2.45) is 5.14 Å². The van der Waals surface area contributed by atoms with Crippen molar-refractivity contribution in [1.82, 2.24) is 0 Å². The molecule has 2 rings (SSSR count). The molecule has 0 saturated heterocycles. The van der Waals surface area contributed by atoms with E-state index in [1.807, 2.05) is 0 Å². The number of nitrogens with two attached hydrogens (primary N) is 1. The maximum absolute atomic E-state index is 12.0. The van der Waals surface area contributed by atoms with Gasteiger partial charge in [-0.05, 0) is 49.4 Å². The SMILES string of the molecule is CC(OC(=O)C=Cc1ccco1)C(=O)Nc1ccc(S(N)(=O)=O)cc1. The number of hydrogen-bond acceptors (Lipinski definition) is 6. The number of benzene rings is 1. The van der Waals surface area contributed by atoms with Gasteiger partial charge < -0.3 is 14.5 Å². The van der Waals surface area contributed by atoms with E-state index >= 15 is 0 Å². The van der Waals surface area contributed by atoms with Gasteiger partial charge in [-0.25, -0.2) is 18.4 Å². The molecule has 1 heterocycles. The van der Waals surface area contributed by atoms with Crippen LogP contribution in [0.25, 0.3) is 6.08 Å². The molecule has 3 N–H and O–H groups in total. The summed E-state index contributed by atoms with van der Waals surface area (Å²) in [7, 11) is -3.80. The molecule has 25 heavy (non-hydrogen) atoms. The van der Waals surface area contributed by atoms with Gasteiger partial charge in [-0.15, -0.1) is 0 Å². The van der Waals surface area contributed by atoms with Crippen LogP contribution in [0.3, 0.4) is 0 Å². The number of sulfonamides is 1. The van der Waals surface area contributed by atoms with E-state index < -0.39 is 28.0 Å². The highest BCUT2D eigenvalue weighted by molar-refractivity contribution is 7.89. The standard InChI is InChI=1S/C16H16N2O6S/c1-11(24-15(19)9-6-13-3-2-10-23-13)16(20)18-12-4-7-14(8-5-12)25(17,21)22/h2-11H,1H3,(H,18,20)(H2,17,21,22). The van der Waals surface area contributed by atoms with E-state index in [1.54, 1.807) is 12.1 Å². The summed E-state index contributed by atoms with van der Waals surface area (Å²) in [5.74, 6) is -0.796. The van der Waals surface area contributed by atoms with Crippen LogP contribution in [0.5, 0.6) is 0 Å². The Labute approximate surface area is 144 Å². The summed E-state index contributed by atoms with van der Waals surface area (Å²) in [6.07, 6.45) is 2.97. The molecule has 132 valence electrons. The largest absolute Gasteiger partial charge is 0.465 e. The smallest absolute Gasteiger partial charge is 0.331 e. The van der Waals surface area contributed by atoms with Gasteiger partial charge in [0.1, 0.15) is 5.76 Å². The number of nitrogens with one attached hydrogen (secondary N) is 1. The molecule has 0 spiro atoms. The van der Waals surface area contributed by atoms with Crippen molar-refractivity contribution in [2.75, 3.05) is 5.32 Å². The van der Waals surface area contributed by atoms with Gasteiger partial charge in [-0.2, -0.15) is 0 Å². The lowest BCUT2D eigenvalue weighted by atomic mass is 10.3. The molecule has 0 aliphatic heterocycles. The molecule has 1 aromatic heterocycles. The Balaban J connectivity index is 1.90. The summed E-state index contributed by atoms with van der Waals surface area (Å²) in [5, 5.41) is 7.49. The molecule has 0 aliphatic carbocycles. The van der Waals surface area contributed by atoms with Crippen LogP contribution in [0.1, 0.15) is 12.7 Å². The molecule has 0 fully saturated rings. The number of rotatable bonds is 6. The summed E-state index contributed by atoms with van der Waals surface area (Å²) in [5.41, 5.74) is 0.339. The summed E-state index contributed by atoms with van der Waals surface area (Å²) in [4.78, 5) is 23.6. The van der Waals surface area contributed by atoms with Crippen LogP contribution < -0.4 is 10.5 Å². The van der Waals surface area contributed by atoms with E-state index in [0.717, 1.165) is 6.08 Å². The molecule has 8 nitrogen and oxygen atoms in total. The number of primary sulfonamides is 1. The Kier molecular flexibility index (Phi) is 5.73. The average molecular weight is 364 g/mol. The number of anilines is 1. The predicted octanol–water partition coefficient (Wildman–Crippen LogP) is 1.51. The number of esters is 1. The highest BCUT2D eigenvalue weighted by atomic mass is 32.2. The molecular weight excluding hydrogens is 348 g/mol. The topological polar surface area (TPSA) is 129 Å². The predicted molar refractivity (Wildman–Crippen MR) is 89.7 cm³/mol. The van der Waals surface area contributed by atoms with Gasteiger partial charge in [-0.1, -0.05) is 0 Å². The third kappa shape index (κ3) is 5.59. The van der Waals surface area contributed by atoms with Gasteiger partial charge in [0.2, 0.25) is 10.0 Å². The minimum Gasteiger partial charge on any atom is -0.465 e. The van der Waals surface area contributed by atoms with Gasteiger partial charge in [0, 0.05) is 11.8 Å². The second-order valence-corrected chi connectivity index (χ2v) is 6.55. The molecule has 0 bridgehead atoms. The third-order valence-electron chi connectivity index (χ3n) is 3.04. The van der Waals surface area contributed by atoms with E-state index in [1.165, 1.54) is 43.5 Å². The van der Waals surface area contributed by atoms with E-state index in [2.05, 4.69) is 5.32 Å². The lowest BCUT2D eigenvalue weighted by Crippen LogP contribution is -2.29. The van der Waals surface area contributed by atoms with E-state index in [-0.39, 0.29) is 4.90 Å². The van der Waals surface area contributed by atoms with Crippen molar-refractivity contribution >= 4 is 33.7 Å². The number of furan rings is 1. The molecule has 1 aromatic carbocycles. The summed E-state index contributed by atoms with van der Waals surface area (Å²) >= 11 is 0. The first-order valence-corrected chi connectivity index (χ1v) is 8.66. The second-order valence-electron chi connectivity index (χ2n) is 4.99. The Morgan fingerprint density at radius 2 is 1.92 bits per heavy atom. The molecule has 1 amide bonds. The van der Waals surface area contributed by atoms with Crippen molar-refractivity contribution in [1.29, 1.82) is 0 Å². The van der Waals surface area contributed by atoms with Crippen LogP contribution in [0.4, 0.5) is 5.69 Å². The van der Waals surface area contributed by atoms with Crippen molar-refractivity contribution in [2.45, 2.75) is 17.9 Å². The van der Waals surface area contributed by atoms with E-state index in [9.17, 15) is 18.0 Å². The fraction of sp³-hybridized carbons (Fsp3) is 0.125. The average Bonchev–Trinajstić information content (AvgIpc) is 3.06. The van der Waals surface area contributed by atoms with E-state index in [4.69, 9.17) is 14.3 Å². The highest BCUT2D eigenvalue weighted by Gasteiger charge is 2.17. The molecule has 9 heteroatoms. The zero-order chi connectivity index (χ0) is 18.4. The van der Waals surface area contributed by atoms with Gasteiger partial charge in [0.05, 0.1) is 11.2 Å². The van der Waals surface area contributed by atoms with Crippen LogP contribution in [0, 0.1) is 0 Å². The maximum atomic E-state index is 12.0. The Bertz CT molecular complexity index is 870. The van der Waals surface area contributed by atoms with Gasteiger partial charge in [0.25, 0.3) is 5.91 Å². The maximum Gasteiger partial charge on any atom is 0.331 e. The lowest BCUT2D eigenvalue weighted by Gasteiger charge is -2.12. The minimum atomic E-state index is -3.80. The number of amides is 1. The summed E-state index contributed by atoms with van der Waals surface area (Å²) < 4.78 is 32.3. The first-order chi connectivity index (χ1) is 11.8. The van der Waals surface area contributed by atoms with Gasteiger partial charge in [-0.3, -0.25) is 4.79 Å². The van der Waals surface area contributed by atoms with Crippen molar-refractivity contribution < 1.29 is 27.2 Å². The summed E-state index contributed by atoms with van der Waals surface area (Å²) in [6, 6.07) is 8.60. The van der Waals surface area contributed by atoms with Crippen LogP contribution >= 0.6 is 0 Å². The van der Waals surface area contributed by atoms with Crippen molar-refractivity contribution in [3.63, 3.8) is 0 Å². The normalized spacial score (nSPS) is 12.7. The first-order valence-electron chi connectivity index (χ1n) is 7.11. The van der Waals surface area contributed by atoms with Gasteiger partial charge in [0.15, 0.2) is 6.10 Å². The summed E-state index contributed by atoms with van der Waals surface area (Å²) in [6.45, 7) is 1.41.